The molecule has 0 N–H and O–H groups in total. The topological polar surface area (TPSA) is 43.6 Å². The first-order valence-electron chi connectivity index (χ1n) is 4.83. The summed E-state index contributed by atoms with van der Waals surface area (Å²) in [6.45, 7) is 3.91. The maximum Gasteiger partial charge on any atom is 0.190 e. The second kappa shape index (κ2) is 4.96. The van der Waals surface area contributed by atoms with Gasteiger partial charge in [-0.1, -0.05) is 23.4 Å². The highest BCUT2D eigenvalue weighted by molar-refractivity contribution is 9.10. The molecule has 17 heavy (non-hydrogen) atoms. The normalized spacial score (nSPS) is 10.9. The van der Waals surface area contributed by atoms with Crippen LogP contribution < -0.4 is 0 Å². The number of aryl methyl sites for hydroxylation is 1. The van der Waals surface area contributed by atoms with E-state index in [1.807, 2.05) is 20.1 Å². The van der Waals surface area contributed by atoms with Crippen molar-refractivity contribution in [2.24, 2.45) is 0 Å². The van der Waals surface area contributed by atoms with Gasteiger partial charge in [-0.25, -0.2) is 14.6 Å². The molecule has 7 heteroatoms. The Hall–Kier alpha value is -0.590. The summed E-state index contributed by atoms with van der Waals surface area (Å²) in [5, 5.41) is 5.46. The molecule has 90 valence electrons. The molecule has 0 fully saturated rings. The minimum Gasteiger partial charge on any atom is -0.218 e. The van der Waals surface area contributed by atoms with Crippen LogP contribution >= 0.6 is 39.3 Å². The molecule has 0 amide bonds. The molecule has 0 aliphatic carbocycles. The van der Waals surface area contributed by atoms with Gasteiger partial charge in [-0.3, -0.25) is 0 Å². The van der Waals surface area contributed by atoms with Gasteiger partial charge >= 0.3 is 0 Å². The zero-order valence-corrected chi connectivity index (χ0v) is 12.7. The van der Waals surface area contributed by atoms with E-state index in [9.17, 15) is 0 Å². The number of nitrogens with zero attached hydrogens (tertiary/aromatic N) is 4. The number of hydrogen-bond donors (Lipinski definition) is 0. The minimum absolute atomic E-state index is 0.419. The standard InChI is InChI=1S/C10H10BrClN4S/c1-5-9(11)6(2)16(15-5)8-4-7(12)13-10(14-8)17-3/h4H,1-3H3. The third-order valence-corrected chi connectivity index (χ3v) is 4.15. The van der Waals surface area contributed by atoms with Crippen molar-refractivity contribution in [1.82, 2.24) is 19.7 Å². The first-order valence-corrected chi connectivity index (χ1v) is 7.23. The Morgan fingerprint density at radius 3 is 2.59 bits per heavy atom. The molecule has 0 unspecified atom stereocenters. The van der Waals surface area contributed by atoms with Crippen LogP contribution in [0.2, 0.25) is 5.15 Å². The fourth-order valence-electron chi connectivity index (χ4n) is 1.43. The highest BCUT2D eigenvalue weighted by Crippen LogP contribution is 2.24. The van der Waals surface area contributed by atoms with Crippen LogP contribution in [-0.2, 0) is 0 Å². The fourth-order valence-corrected chi connectivity index (χ4v) is 2.28. The zero-order chi connectivity index (χ0) is 12.6. The Bertz CT molecular complexity index is 570. The molecule has 0 aliphatic heterocycles. The Kier molecular flexibility index (Phi) is 3.75. The number of rotatable bonds is 2. The summed E-state index contributed by atoms with van der Waals surface area (Å²) >= 11 is 10.9. The van der Waals surface area contributed by atoms with E-state index in [0.29, 0.717) is 16.1 Å². The van der Waals surface area contributed by atoms with Gasteiger partial charge in [-0.15, -0.1) is 0 Å². The maximum absolute atomic E-state index is 5.96. The van der Waals surface area contributed by atoms with Crippen LogP contribution in [0.4, 0.5) is 0 Å². The Morgan fingerprint density at radius 2 is 2.06 bits per heavy atom. The summed E-state index contributed by atoms with van der Waals surface area (Å²) in [6, 6.07) is 1.70. The molecule has 2 heterocycles. The second-order valence-corrected chi connectivity index (χ2v) is 5.39. The average Bonchev–Trinajstić information content (AvgIpc) is 2.56. The predicted molar refractivity (Wildman–Crippen MR) is 73.1 cm³/mol. The van der Waals surface area contributed by atoms with Crippen molar-refractivity contribution in [2.75, 3.05) is 6.26 Å². The Balaban J connectivity index is 2.59. The van der Waals surface area contributed by atoms with Crippen LogP contribution in [0.3, 0.4) is 0 Å². The number of aromatic nitrogens is 4. The molecule has 2 aromatic heterocycles. The first kappa shape index (κ1) is 12.9. The average molecular weight is 334 g/mol. The van der Waals surface area contributed by atoms with Gasteiger partial charge in [-0.05, 0) is 36.0 Å². The van der Waals surface area contributed by atoms with Gasteiger partial charge in [0.15, 0.2) is 11.0 Å². The number of thioether (sulfide) groups is 1. The highest BCUT2D eigenvalue weighted by atomic mass is 79.9. The van der Waals surface area contributed by atoms with Gasteiger partial charge in [0.05, 0.1) is 15.9 Å². The molecule has 4 nitrogen and oxygen atoms in total. The molecule has 2 aromatic rings. The second-order valence-electron chi connectivity index (χ2n) is 3.43. The summed E-state index contributed by atoms with van der Waals surface area (Å²) in [7, 11) is 0. The summed E-state index contributed by atoms with van der Waals surface area (Å²) in [6.07, 6.45) is 1.91. The molecule has 0 aromatic carbocycles. The highest BCUT2D eigenvalue weighted by Gasteiger charge is 2.12. The fraction of sp³-hybridized carbons (Fsp3) is 0.300. The van der Waals surface area contributed by atoms with Gasteiger partial charge in [0.1, 0.15) is 5.15 Å². The van der Waals surface area contributed by atoms with Crippen molar-refractivity contribution < 1.29 is 0 Å². The first-order chi connectivity index (χ1) is 8.02. The smallest absolute Gasteiger partial charge is 0.190 e. The summed E-state index contributed by atoms with van der Waals surface area (Å²) in [5.74, 6) is 0.681. The number of hydrogen-bond acceptors (Lipinski definition) is 4. The van der Waals surface area contributed by atoms with E-state index in [2.05, 4.69) is 31.0 Å². The van der Waals surface area contributed by atoms with Crippen molar-refractivity contribution >= 4 is 39.3 Å². The molecule has 0 atom stereocenters. The van der Waals surface area contributed by atoms with Crippen molar-refractivity contribution in [3.63, 3.8) is 0 Å². The van der Waals surface area contributed by atoms with Gasteiger partial charge in [0, 0.05) is 6.07 Å². The van der Waals surface area contributed by atoms with Crippen LogP contribution in [0.25, 0.3) is 5.82 Å². The largest absolute Gasteiger partial charge is 0.218 e. The quantitative estimate of drug-likeness (QED) is 0.480. The van der Waals surface area contributed by atoms with Crippen molar-refractivity contribution in [1.29, 1.82) is 0 Å². The molecule has 0 spiro atoms. The van der Waals surface area contributed by atoms with Gasteiger partial charge in [0.25, 0.3) is 0 Å². The van der Waals surface area contributed by atoms with Crippen molar-refractivity contribution in [3.8, 4) is 5.82 Å². The lowest BCUT2D eigenvalue weighted by Crippen LogP contribution is -2.03. The maximum atomic E-state index is 5.96. The van der Waals surface area contributed by atoms with E-state index in [-0.39, 0.29) is 0 Å². The lowest BCUT2D eigenvalue weighted by molar-refractivity contribution is 0.777. The lowest BCUT2D eigenvalue weighted by atomic mass is 10.4. The SMILES string of the molecule is CSc1nc(Cl)cc(-n2nc(C)c(Br)c2C)n1. The monoisotopic (exact) mass is 332 g/mol. The van der Waals surface area contributed by atoms with E-state index in [1.165, 1.54) is 11.8 Å². The van der Waals surface area contributed by atoms with Gasteiger partial charge < -0.3 is 0 Å². The summed E-state index contributed by atoms with van der Waals surface area (Å²) in [5.41, 5.74) is 1.91. The Labute approximate surface area is 117 Å². The summed E-state index contributed by atoms with van der Waals surface area (Å²) < 4.78 is 2.74. The molecule has 0 bridgehead atoms. The molecule has 0 aliphatic rings. The molecular weight excluding hydrogens is 324 g/mol. The van der Waals surface area contributed by atoms with Gasteiger partial charge in [0.2, 0.25) is 0 Å². The third-order valence-electron chi connectivity index (χ3n) is 2.26. The molecule has 0 saturated carbocycles. The van der Waals surface area contributed by atoms with E-state index in [1.54, 1.807) is 10.7 Å². The molecule has 0 saturated heterocycles. The van der Waals surface area contributed by atoms with Crippen LogP contribution in [0.15, 0.2) is 15.7 Å². The van der Waals surface area contributed by atoms with Crippen LogP contribution in [0.5, 0.6) is 0 Å². The third kappa shape index (κ3) is 2.48. The predicted octanol–water partition coefficient (Wildman–Crippen LogP) is 3.42. The van der Waals surface area contributed by atoms with Crippen molar-refractivity contribution in [3.05, 3.63) is 27.1 Å². The molecule has 0 radical (unpaired) electrons. The van der Waals surface area contributed by atoms with E-state index >= 15 is 0 Å². The van der Waals surface area contributed by atoms with E-state index in [0.717, 1.165) is 15.9 Å². The van der Waals surface area contributed by atoms with Gasteiger partial charge in [-0.2, -0.15) is 5.10 Å². The lowest BCUT2D eigenvalue weighted by Gasteiger charge is -2.05. The Morgan fingerprint density at radius 1 is 1.35 bits per heavy atom. The minimum atomic E-state index is 0.419. The molecular formula is C10H10BrClN4S. The van der Waals surface area contributed by atoms with Crippen LogP contribution in [0, 0.1) is 13.8 Å². The van der Waals surface area contributed by atoms with Crippen LogP contribution in [0.1, 0.15) is 11.4 Å². The van der Waals surface area contributed by atoms with Crippen molar-refractivity contribution in [2.45, 2.75) is 19.0 Å². The zero-order valence-electron chi connectivity index (χ0n) is 9.53. The van der Waals surface area contributed by atoms with Crippen LogP contribution in [-0.4, -0.2) is 26.0 Å². The molecule has 2 rings (SSSR count). The van der Waals surface area contributed by atoms with E-state index < -0.39 is 0 Å². The van der Waals surface area contributed by atoms with E-state index in [4.69, 9.17) is 11.6 Å². The number of halogens is 2. The summed E-state index contributed by atoms with van der Waals surface area (Å²) in [4.78, 5) is 8.49.